The first-order valence-electron chi connectivity index (χ1n) is 11.0. The van der Waals surface area contributed by atoms with Crippen molar-refractivity contribution >= 4 is 28.5 Å². The van der Waals surface area contributed by atoms with Crippen LogP contribution in [0.1, 0.15) is 46.0 Å². The molecule has 0 bridgehead atoms. The maximum absolute atomic E-state index is 13.2. The molecule has 1 unspecified atom stereocenters. The molecule has 3 amide bonds. The fourth-order valence-corrected chi connectivity index (χ4v) is 4.14. The fourth-order valence-electron chi connectivity index (χ4n) is 4.14. The van der Waals surface area contributed by atoms with Crippen LogP contribution in [0.4, 0.5) is 0 Å². The second-order valence-corrected chi connectivity index (χ2v) is 8.11. The molecule has 0 aromatic heterocycles. The number of nitrogens with zero attached hydrogens (tertiary/aromatic N) is 1. The number of hydrazine groups is 1. The summed E-state index contributed by atoms with van der Waals surface area (Å²) in [4.78, 5) is 40.0. The van der Waals surface area contributed by atoms with Crippen LogP contribution in [0.5, 0.6) is 0 Å². The summed E-state index contributed by atoms with van der Waals surface area (Å²) >= 11 is 0. The molecule has 0 aliphatic carbocycles. The maximum Gasteiger partial charge on any atom is 0.269 e. The topological polar surface area (TPSA) is 78.5 Å². The van der Waals surface area contributed by atoms with E-state index >= 15 is 0 Å². The third kappa shape index (κ3) is 4.64. The Hall–Kier alpha value is -3.67. The predicted molar refractivity (Wildman–Crippen MR) is 124 cm³/mol. The van der Waals surface area contributed by atoms with Gasteiger partial charge in [-0.25, -0.2) is 0 Å². The van der Waals surface area contributed by atoms with Crippen molar-refractivity contribution < 1.29 is 14.4 Å². The zero-order valence-corrected chi connectivity index (χ0v) is 18.1. The lowest BCUT2D eigenvalue weighted by molar-refractivity contribution is -0.127. The zero-order valence-electron chi connectivity index (χ0n) is 18.1. The number of piperidine rings is 1. The normalized spacial score (nSPS) is 15.9. The van der Waals surface area contributed by atoms with Crippen LogP contribution in [-0.2, 0) is 11.2 Å². The van der Waals surface area contributed by atoms with E-state index in [1.807, 2.05) is 61.5 Å². The number of rotatable bonds is 4. The van der Waals surface area contributed by atoms with E-state index in [9.17, 15) is 14.4 Å². The van der Waals surface area contributed by atoms with Gasteiger partial charge in [0.05, 0.1) is 5.92 Å². The summed E-state index contributed by atoms with van der Waals surface area (Å²) in [5.41, 5.74) is 7.30. The lowest BCUT2D eigenvalue weighted by atomic mass is 9.96. The van der Waals surface area contributed by atoms with E-state index in [4.69, 9.17) is 0 Å². The Labute approximate surface area is 187 Å². The number of fused-ring (bicyclic) bond motifs is 1. The SMILES string of the molecule is CCc1ccc(C(=O)NNC(=O)C2CCCN(C(=O)c3cccc4ccccc34)C2)cc1. The number of aryl methyl sites for hydroxylation is 1. The smallest absolute Gasteiger partial charge is 0.269 e. The Morgan fingerprint density at radius 1 is 0.938 bits per heavy atom. The van der Waals surface area contributed by atoms with Gasteiger partial charge in [0, 0.05) is 24.2 Å². The molecule has 32 heavy (non-hydrogen) atoms. The van der Waals surface area contributed by atoms with Gasteiger partial charge in [-0.1, -0.05) is 55.5 Å². The van der Waals surface area contributed by atoms with Gasteiger partial charge in [-0.15, -0.1) is 0 Å². The van der Waals surface area contributed by atoms with Gasteiger partial charge < -0.3 is 4.90 Å². The van der Waals surface area contributed by atoms with Crippen molar-refractivity contribution in [1.82, 2.24) is 15.8 Å². The van der Waals surface area contributed by atoms with Gasteiger partial charge in [-0.2, -0.15) is 0 Å². The van der Waals surface area contributed by atoms with Gasteiger partial charge in [0.1, 0.15) is 0 Å². The molecule has 6 nitrogen and oxygen atoms in total. The first-order valence-corrected chi connectivity index (χ1v) is 11.0. The molecular weight excluding hydrogens is 402 g/mol. The van der Waals surface area contributed by atoms with Crippen LogP contribution in [0.2, 0.25) is 0 Å². The van der Waals surface area contributed by atoms with Gasteiger partial charge in [0.15, 0.2) is 0 Å². The number of benzene rings is 3. The van der Waals surface area contributed by atoms with Crippen molar-refractivity contribution in [3.05, 3.63) is 83.4 Å². The standard InChI is InChI=1S/C26H27N3O3/c1-2-18-12-14-20(15-13-18)24(30)27-28-25(31)21-9-6-16-29(17-21)26(32)23-11-5-8-19-7-3-4-10-22(19)23/h3-5,7-8,10-15,21H,2,6,9,16-17H2,1H3,(H,27,30)(H,28,31). The van der Waals surface area contributed by atoms with Gasteiger partial charge >= 0.3 is 0 Å². The molecule has 0 radical (unpaired) electrons. The van der Waals surface area contributed by atoms with Crippen LogP contribution >= 0.6 is 0 Å². The van der Waals surface area contributed by atoms with Gasteiger partial charge in [0.2, 0.25) is 5.91 Å². The van der Waals surface area contributed by atoms with Gasteiger partial charge in [-0.05, 0) is 53.8 Å². The average Bonchev–Trinajstić information content (AvgIpc) is 2.86. The van der Waals surface area contributed by atoms with E-state index in [2.05, 4.69) is 10.9 Å². The highest BCUT2D eigenvalue weighted by Gasteiger charge is 2.29. The van der Waals surface area contributed by atoms with E-state index < -0.39 is 0 Å². The predicted octanol–water partition coefficient (Wildman–Crippen LogP) is 3.72. The molecule has 1 atom stereocenters. The summed E-state index contributed by atoms with van der Waals surface area (Å²) < 4.78 is 0. The van der Waals surface area contributed by atoms with E-state index in [-0.39, 0.29) is 23.6 Å². The van der Waals surface area contributed by atoms with Crippen LogP contribution in [0.15, 0.2) is 66.7 Å². The summed E-state index contributed by atoms with van der Waals surface area (Å²) in [6, 6.07) is 20.8. The van der Waals surface area contributed by atoms with E-state index in [0.717, 1.165) is 29.2 Å². The molecule has 1 saturated heterocycles. The third-order valence-corrected chi connectivity index (χ3v) is 6.02. The number of hydrogen-bond acceptors (Lipinski definition) is 3. The Kier molecular flexibility index (Phi) is 6.50. The quantitative estimate of drug-likeness (QED) is 0.621. The number of carbonyl (C=O) groups is 3. The van der Waals surface area contributed by atoms with Crippen molar-refractivity contribution in [2.24, 2.45) is 5.92 Å². The molecule has 2 N–H and O–H groups in total. The van der Waals surface area contributed by atoms with Crippen LogP contribution in [0.25, 0.3) is 10.8 Å². The van der Waals surface area contributed by atoms with E-state index in [0.29, 0.717) is 30.6 Å². The number of amides is 3. The van der Waals surface area contributed by atoms with Crippen molar-refractivity contribution in [2.45, 2.75) is 26.2 Å². The average molecular weight is 430 g/mol. The molecule has 1 aliphatic heterocycles. The Morgan fingerprint density at radius 2 is 1.69 bits per heavy atom. The van der Waals surface area contributed by atoms with Crippen molar-refractivity contribution in [1.29, 1.82) is 0 Å². The minimum absolute atomic E-state index is 0.0700. The largest absolute Gasteiger partial charge is 0.338 e. The highest BCUT2D eigenvalue weighted by Crippen LogP contribution is 2.23. The van der Waals surface area contributed by atoms with Crippen molar-refractivity contribution in [3.8, 4) is 0 Å². The highest BCUT2D eigenvalue weighted by atomic mass is 16.2. The first-order chi connectivity index (χ1) is 15.6. The number of hydrogen-bond donors (Lipinski definition) is 2. The molecule has 6 heteroatoms. The maximum atomic E-state index is 13.2. The molecule has 0 spiro atoms. The molecular formula is C26H27N3O3. The Bertz CT molecular complexity index is 1140. The second kappa shape index (κ2) is 9.64. The van der Waals surface area contributed by atoms with Crippen molar-refractivity contribution in [2.75, 3.05) is 13.1 Å². The van der Waals surface area contributed by atoms with Gasteiger partial charge in [0.25, 0.3) is 11.8 Å². The monoisotopic (exact) mass is 429 g/mol. The summed E-state index contributed by atoms with van der Waals surface area (Å²) in [5, 5.41) is 1.92. The van der Waals surface area contributed by atoms with E-state index in [1.165, 1.54) is 0 Å². The minimum Gasteiger partial charge on any atom is -0.338 e. The van der Waals surface area contributed by atoms with E-state index in [1.54, 1.807) is 17.0 Å². The summed E-state index contributed by atoms with van der Waals surface area (Å²) in [6.45, 7) is 2.99. The number of nitrogens with one attached hydrogen (secondary N) is 2. The van der Waals surface area contributed by atoms with Gasteiger partial charge in [-0.3, -0.25) is 25.2 Å². The highest BCUT2D eigenvalue weighted by molar-refractivity contribution is 6.07. The van der Waals surface area contributed by atoms with Crippen LogP contribution in [0, 0.1) is 5.92 Å². The molecule has 3 aromatic carbocycles. The lowest BCUT2D eigenvalue weighted by Gasteiger charge is -2.32. The molecule has 1 aliphatic rings. The fraction of sp³-hybridized carbons (Fsp3) is 0.269. The number of carbonyl (C=O) groups excluding carboxylic acids is 3. The molecule has 1 fully saturated rings. The third-order valence-electron chi connectivity index (χ3n) is 6.02. The van der Waals surface area contributed by atoms with Crippen LogP contribution in [0.3, 0.4) is 0 Å². The van der Waals surface area contributed by atoms with Crippen LogP contribution in [-0.4, -0.2) is 35.7 Å². The Balaban J connectivity index is 1.38. The molecule has 1 heterocycles. The molecule has 3 aromatic rings. The lowest BCUT2D eigenvalue weighted by Crippen LogP contribution is -2.50. The second-order valence-electron chi connectivity index (χ2n) is 8.11. The number of likely N-dealkylation sites (tertiary alicyclic amines) is 1. The summed E-state index contributed by atoms with van der Waals surface area (Å²) in [7, 11) is 0. The zero-order chi connectivity index (χ0) is 22.5. The first kappa shape index (κ1) is 21.6. The summed E-state index contributed by atoms with van der Waals surface area (Å²) in [5.74, 6) is -1.08. The minimum atomic E-state index is -0.370. The summed E-state index contributed by atoms with van der Waals surface area (Å²) in [6.07, 6.45) is 2.31. The molecule has 164 valence electrons. The Morgan fingerprint density at radius 3 is 2.47 bits per heavy atom. The molecule has 0 saturated carbocycles. The van der Waals surface area contributed by atoms with Crippen LogP contribution < -0.4 is 10.9 Å². The van der Waals surface area contributed by atoms with Crippen molar-refractivity contribution in [3.63, 3.8) is 0 Å². The molecule has 4 rings (SSSR count).